The molecule has 8 nitrogen and oxygen atoms in total. The number of carbonyl (C=O) groups is 1. The highest BCUT2D eigenvalue weighted by Crippen LogP contribution is 2.24. The van der Waals surface area contributed by atoms with E-state index in [9.17, 15) is 4.79 Å². The van der Waals surface area contributed by atoms with Crippen LogP contribution in [0, 0.1) is 12.5 Å². The molecule has 0 fully saturated rings. The second-order valence-corrected chi connectivity index (χ2v) is 4.52. The number of benzene rings is 1. The van der Waals surface area contributed by atoms with Gasteiger partial charge in [0.2, 0.25) is 0 Å². The Kier molecular flexibility index (Phi) is 5.07. The number of para-hydroxylation sites is 1. The van der Waals surface area contributed by atoms with E-state index in [-0.39, 0.29) is 12.4 Å². The number of anilines is 1. The van der Waals surface area contributed by atoms with Crippen molar-refractivity contribution in [1.82, 2.24) is 10.6 Å². The molecule has 0 spiro atoms. The van der Waals surface area contributed by atoms with Crippen LogP contribution in [0.5, 0.6) is 5.75 Å². The number of hydrogen-bond donors (Lipinski definition) is 3. The van der Waals surface area contributed by atoms with Crippen molar-refractivity contribution >= 4 is 11.8 Å². The average Bonchev–Trinajstić information content (AvgIpc) is 2.88. The van der Waals surface area contributed by atoms with Crippen LogP contribution in [-0.4, -0.2) is 11.2 Å². The summed E-state index contributed by atoms with van der Waals surface area (Å²) in [5, 5.41) is 9.07. The van der Waals surface area contributed by atoms with Gasteiger partial charge in [-0.1, -0.05) is 35.5 Å². The van der Waals surface area contributed by atoms with Gasteiger partial charge in [0, 0.05) is 6.42 Å². The van der Waals surface area contributed by atoms with E-state index < -0.39 is 6.03 Å². The average molecular weight is 303 g/mol. The maximum absolute atomic E-state index is 11.4. The number of aryl methyl sites for hydroxylation is 2. The molecular formula is C14H17N5O3. The minimum Gasteiger partial charge on any atom is -0.488 e. The van der Waals surface area contributed by atoms with Crippen molar-refractivity contribution in [2.24, 2.45) is 5.22 Å². The molecule has 0 saturated heterocycles. The molecule has 0 radical (unpaired) electrons. The van der Waals surface area contributed by atoms with Crippen LogP contribution in [0.4, 0.5) is 10.6 Å². The molecule has 1 aromatic heterocycles. The van der Waals surface area contributed by atoms with Gasteiger partial charge in [-0.3, -0.25) is 5.32 Å². The van der Waals surface area contributed by atoms with E-state index in [1.165, 1.54) is 0 Å². The second-order valence-electron chi connectivity index (χ2n) is 4.52. The van der Waals surface area contributed by atoms with E-state index in [0.29, 0.717) is 17.7 Å². The van der Waals surface area contributed by atoms with Crippen molar-refractivity contribution in [2.75, 3.05) is 5.32 Å². The summed E-state index contributed by atoms with van der Waals surface area (Å²) in [5.41, 5.74) is 10.2. The van der Waals surface area contributed by atoms with Crippen molar-refractivity contribution in [1.29, 1.82) is 5.53 Å². The summed E-state index contributed by atoms with van der Waals surface area (Å²) in [7, 11) is 0. The second kappa shape index (κ2) is 7.21. The van der Waals surface area contributed by atoms with Crippen molar-refractivity contribution < 1.29 is 14.1 Å². The third-order valence-corrected chi connectivity index (χ3v) is 3.05. The third kappa shape index (κ3) is 3.60. The van der Waals surface area contributed by atoms with Crippen molar-refractivity contribution in [2.45, 2.75) is 26.9 Å². The molecule has 0 atom stereocenters. The van der Waals surface area contributed by atoms with Crippen LogP contribution in [0.15, 0.2) is 34.0 Å². The van der Waals surface area contributed by atoms with Gasteiger partial charge in [-0.15, -0.1) is 0 Å². The molecular weight excluding hydrogens is 286 g/mol. The van der Waals surface area contributed by atoms with Gasteiger partial charge in [0.25, 0.3) is 0 Å². The first-order chi connectivity index (χ1) is 10.7. The number of carbonyl (C=O) groups excluding carboxylic acids is 1. The third-order valence-electron chi connectivity index (χ3n) is 3.05. The highest BCUT2D eigenvalue weighted by Gasteiger charge is 2.17. The SMILES string of the molecule is CCc1onc(NC(=O)NN=N)c1COc1ccccc1C. The van der Waals surface area contributed by atoms with Crippen molar-refractivity contribution in [3.05, 3.63) is 41.2 Å². The summed E-state index contributed by atoms with van der Waals surface area (Å²) in [6, 6.07) is 6.97. The maximum atomic E-state index is 11.4. The quantitative estimate of drug-likeness (QED) is 0.561. The molecule has 1 heterocycles. The zero-order chi connectivity index (χ0) is 15.9. The topological polar surface area (TPSA) is 113 Å². The van der Waals surface area contributed by atoms with Crippen LogP contribution in [0.25, 0.3) is 0 Å². The number of rotatable bonds is 6. The number of aromatic nitrogens is 1. The molecule has 3 N–H and O–H groups in total. The molecule has 0 unspecified atom stereocenters. The molecule has 116 valence electrons. The lowest BCUT2D eigenvalue weighted by molar-refractivity contribution is 0.251. The normalized spacial score (nSPS) is 10.1. The van der Waals surface area contributed by atoms with E-state index in [1.807, 2.05) is 43.5 Å². The van der Waals surface area contributed by atoms with Gasteiger partial charge in [-0.2, -0.15) is 5.53 Å². The molecule has 2 rings (SSSR count). The summed E-state index contributed by atoms with van der Waals surface area (Å²) in [6.45, 7) is 4.08. The highest BCUT2D eigenvalue weighted by molar-refractivity contribution is 5.88. The van der Waals surface area contributed by atoms with Gasteiger partial charge < -0.3 is 9.26 Å². The van der Waals surface area contributed by atoms with E-state index in [2.05, 4.69) is 15.7 Å². The van der Waals surface area contributed by atoms with E-state index in [4.69, 9.17) is 14.8 Å². The fraction of sp³-hybridized carbons (Fsp3) is 0.286. The smallest absolute Gasteiger partial charge is 0.342 e. The minimum atomic E-state index is -0.664. The Labute approximate surface area is 127 Å². The lowest BCUT2D eigenvalue weighted by atomic mass is 10.2. The molecule has 0 bridgehead atoms. The van der Waals surface area contributed by atoms with E-state index in [1.54, 1.807) is 0 Å². The summed E-state index contributed by atoms with van der Waals surface area (Å²) < 4.78 is 11.0. The number of amides is 2. The van der Waals surface area contributed by atoms with Gasteiger partial charge in [-0.25, -0.2) is 10.2 Å². The maximum Gasteiger partial charge on any atom is 0.342 e. The number of hydrogen-bond acceptors (Lipinski definition) is 6. The summed E-state index contributed by atoms with van der Waals surface area (Å²) in [5.74, 6) is 1.64. The first-order valence-corrected chi connectivity index (χ1v) is 6.75. The Morgan fingerprint density at radius 2 is 2.23 bits per heavy atom. The van der Waals surface area contributed by atoms with Gasteiger partial charge in [0.1, 0.15) is 18.1 Å². The van der Waals surface area contributed by atoms with Crippen LogP contribution in [-0.2, 0) is 13.0 Å². The molecule has 0 aliphatic heterocycles. The van der Waals surface area contributed by atoms with E-state index in [0.717, 1.165) is 11.3 Å². The Morgan fingerprint density at radius 3 is 2.91 bits per heavy atom. The summed E-state index contributed by atoms with van der Waals surface area (Å²) >= 11 is 0. The molecule has 8 heteroatoms. The zero-order valence-electron chi connectivity index (χ0n) is 12.3. The fourth-order valence-electron chi connectivity index (χ4n) is 1.92. The highest BCUT2D eigenvalue weighted by atomic mass is 16.5. The van der Waals surface area contributed by atoms with Crippen molar-refractivity contribution in [3.8, 4) is 5.75 Å². The molecule has 1 aromatic carbocycles. The summed E-state index contributed by atoms with van der Waals surface area (Å²) in [6.07, 6.45) is 0.617. The van der Waals surface area contributed by atoms with Gasteiger partial charge >= 0.3 is 6.03 Å². The number of ether oxygens (including phenoxy) is 1. The van der Waals surface area contributed by atoms with Gasteiger partial charge in [0.15, 0.2) is 5.82 Å². The Morgan fingerprint density at radius 1 is 1.45 bits per heavy atom. The van der Waals surface area contributed by atoms with E-state index >= 15 is 0 Å². The van der Waals surface area contributed by atoms with Crippen LogP contribution >= 0.6 is 0 Å². The number of nitrogens with one attached hydrogen (secondary N) is 3. The first kappa shape index (κ1) is 15.5. The molecule has 2 aromatic rings. The van der Waals surface area contributed by atoms with Crippen molar-refractivity contribution in [3.63, 3.8) is 0 Å². The van der Waals surface area contributed by atoms with Gasteiger partial charge in [-0.05, 0) is 18.6 Å². The predicted octanol–water partition coefficient (Wildman–Crippen LogP) is 3.19. The lowest BCUT2D eigenvalue weighted by Gasteiger charge is -2.09. The number of urea groups is 1. The van der Waals surface area contributed by atoms with Crippen LogP contribution < -0.4 is 15.5 Å². The van der Waals surface area contributed by atoms with Gasteiger partial charge in [0.05, 0.1) is 5.56 Å². The summed E-state index contributed by atoms with van der Waals surface area (Å²) in [4.78, 5) is 11.4. The lowest BCUT2D eigenvalue weighted by Crippen LogP contribution is -2.24. The zero-order valence-corrected chi connectivity index (χ0v) is 12.3. The largest absolute Gasteiger partial charge is 0.488 e. The van der Waals surface area contributed by atoms with Crippen LogP contribution in [0.2, 0.25) is 0 Å². The molecule has 2 amide bonds. The standard InChI is InChI=1S/C14H17N5O3/c1-3-11-10(8-21-12-7-5-4-6-9(12)2)13(18-22-11)16-14(20)17-19-15/h4-7H,3,8H2,1-2H3,(H3,15,16,17,18,20). The molecule has 22 heavy (non-hydrogen) atoms. The fourth-order valence-corrected chi connectivity index (χ4v) is 1.92. The Balaban J connectivity index is 2.14. The minimum absolute atomic E-state index is 0.213. The molecule has 0 saturated carbocycles. The van der Waals surface area contributed by atoms with Crippen LogP contribution in [0.1, 0.15) is 23.8 Å². The number of nitrogens with zero attached hydrogens (tertiary/aromatic N) is 2. The van der Waals surface area contributed by atoms with Crippen LogP contribution in [0.3, 0.4) is 0 Å². The first-order valence-electron chi connectivity index (χ1n) is 6.75. The Bertz CT molecular complexity index is 668. The predicted molar refractivity (Wildman–Crippen MR) is 78.7 cm³/mol. The molecule has 0 aliphatic carbocycles. The Hall–Kier alpha value is -2.90. The monoisotopic (exact) mass is 303 g/mol. The molecule has 0 aliphatic rings.